The first-order chi connectivity index (χ1) is 11.8. The summed E-state index contributed by atoms with van der Waals surface area (Å²) in [7, 11) is 0. The van der Waals surface area contributed by atoms with Crippen LogP contribution >= 0.6 is 12.4 Å². The summed E-state index contributed by atoms with van der Waals surface area (Å²) in [6.45, 7) is 5.04. The molecular formula is C19H23ClN4O2. The molecule has 1 heterocycles. The van der Waals surface area contributed by atoms with Crippen molar-refractivity contribution in [2.45, 2.75) is 32.4 Å². The third-order valence-corrected chi connectivity index (χ3v) is 4.13. The number of carbonyl (C=O) groups excluding carboxylic acids is 1. The van der Waals surface area contributed by atoms with Crippen LogP contribution in [0.2, 0.25) is 0 Å². The molecule has 7 heteroatoms. The van der Waals surface area contributed by atoms with E-state index in [1.54, 1.807) is 12.3 Å². The lowest BCUT2D eigenvalue weighted by molar-refractivity contribution is -0.122. The van der Waals surface area contributed by atoms with Crippen LogP contribution in [-0.4, -0.2) is 32.4 Å². The number of nitrogens with zero attached hydrogens (tertiary/aromatic N) is 2. The summed E-state index contributed by atoms with van der Waals surface area (Å²) < 4.78 is 1.83. The largest absolute Gasteiger partial charge is 0.388 e. The minimum Gasteiger partial charge on any atom is -0.388 e. The first-order valence-corrected chi connectivity index (χ1v) is 8.09. The topological polar surface area (TPSA) is 93.2 Å². The third kappa shape index (κ3) is 4.04. The van der Waals surface area contributed by atoms with Crippen molar-refractivity contribution >= 4 is 34.9 Å². The molecule has 6 nitrogen and oxygen atoms in total. The van der Waals surface area contributed by atoms with Crippen LogP contribution in [0.3, 0.4) is 0 Å². The molecule has 2 aromatic carbocycles. The third-order valence-electron chi connectivity index (χ3n) is 4.13. The first kappa shape index (κ1) is 19.9. The maximum absolute atomic E-state index is 12.2. The molecule has 0 spiro atoms. The summed E-state index contributed by atoms with van der Waals surface area (Å²) >= 11 is 0. The summed E-state index contributed by atoms with van der Waals surface area (Å²) in [5, 5.41) is 18.1. The first-order valence-electron chi connectivity index (χ1n) is 8.09. The highest BCUT2D eigenvalue weighted by Gasteiger charge is 2.29. The fourth-order valence-corrected chi connectivity index (χ4v) is 2.60. The Morgan fingerprint density at radius 1 is 1.27 bits per heavy atom. The van der Waals surface area contributed by atoms with Gasteiger partial charge in [-0.1, -0.05) is 12.1 Å². The number of benzene rings is 2. The summed E-state index contributed by atoms with van der Waals surface area (Å²) in [5.74, 6) is -0.437. The highest BCUT2D eigenvalue weighted by atomic mass is 35.5. The van der Waals surface area contributed by atoms with E-state index in [-0.39, 0.29) is 12.4 Å². The van der Waals surface area contributed by atoms with Gasteiger partial charge >= 0.3 is 0 Å². The van der Waals surface area contributed by atoms with Gasteiger partial charge in [0.2, 0.25) is 5.91 Å². The number of nitrogens with one attached hydrogen (secondary N) is 1. The van der Waals surface area contributed by atoms with Crippen molar-refractivity contribution in [1.29, 1.82) is 0 Å². The lowest BCUT2D eigenvalue weighted by Gasteiger charge is -2.24. The van der Waals surface area contributed by atoms with Gasteiger partial charge in [-0.3, -0.25) is 4.79 Å². The molecule has 1 aromatic heterocycles. The van der Waals surface area contributed by atoms with E-state index in [0.29, 0.717) is 5.69 Å². The summed E-state index contributed by atoms with van der Waals surface area (Å²) in [6, 6.07) is 12.5. The number of nitrogens with two attached hydrogens (primary N) is 1. The molecule has 3 rings (SSSR count). The van der Waals surface area contributed by atoms with Crippen LogP contribution in [0.25, 0.3) is 16.6 Å². The van der Waals surface area contributed by atoms with Gasteiger partial charge in [0.15, 0.2) is 0 Å². The number of hydrogen-bond acceptors (Lipinski definition) is 4. The lowest BCUT2D eigenvalue weighted by Crippen LogP contribution is -2.51. The van der Waals surface area contributed by atoms with Crippen molar-refractivity contribution in [2.24, 2.45) is 5.73 Å². The SMILES string of the molecule is Cc1cccc(-n2ncc3ccc(NC(=O)[C@@H](N)C(C)(C)O)cc32)c1.Cl. The van der Waals surface area contributed by atoms with Gasteiger partial charge < -0.3 is 16.2 Å². The summed E-state index contributed by atoms with van der Waals surface area (Å²) in [6.07, 6.45) is 1.78. The number of carbonyl (C=O) groups is 1. The molecule has 4 N–H and O–H groups in total. The van der Waals surface area contributed by atoms with Gasteiger partial charge in [-0.05, 0) is 56.7 Å². The van der Waals surface area contributed by atoms with Crippen LogP contribution in [0.5, 0.6) is 0 Å². The van der Waals surface area contributed by atoms with Crippen molar-refractivity contribution in [3.8, 4) is 5.69 Å². The number of halogens is 1. The van der Waals surface area contributed by atoms with Crippen molar-refractivity contribution in [3.63, 3.8) is 0 Å². The molecule has 0 aliphatic carbocycles. The Hall–Kier alpha value is -2.41. The van der Waals surface area contributed by atoms with E-state index in [2.05, 4.69) is 10.4 Å². The van der Waals surface area contributed by atoms with Crippen LogP contribution in [0, 0.1) is 6.92 Å². The van der Waals surface area contributed by atoms with Crippen molar-refractivity contribution in [3.05, 3.63) is 54.2 Å². The quantitative estimate of drug-likeness (QED) is 0.654. The molecule has 0 fully saturated rings. The summed E-state index contributed by atoms with van der Waals surface area (Å²) in [4.78, 5) is 12.2. The Labute approximate surface area is 158 Å². The molecule has 0 bridgehead atoms. The van der Waals surface area contributed by atoms with Crippen molar-refractivity contribution in [2.75, 3.05) is 5.32 Å². The second kappa shape index (κ2) is 7.45. The maximum atomic E-state index is 12.2. The zero-order valence-electron chi connectivity index (χ0n) is 14.9. The zero-order chi connectivity index (χ0) is 18.2. The number of anilines is 1. The van der Waals surface area contributed by atoms with E-state index >= 15 is 0 Å². The highest BCUT2D eigenvalue weighted by Crippen LogP contribution is 2.23. The monoisotopic (exact) mass is 374 g/mol. The molecule has 1 amide bonds. The minimum absolute atomic E-state index is 0. The predicted molar refractivity (Wildman–Crippen MR) is 106 cm³/mol. The Kier molecular flexibility index (Phi) is 5.71. The lowest BCUT2D eigenvalue weighted by atomic mass is 9.99. The molecule has 0 aliphatic rings. The smallest absolute Gasteiger partial charge is 0.244 e. The molecule has 0 aliphatic heterocycles. The van der Waals surface area contributed by atoms with Crippen LogP contribution in [0.1, 0.15) is 19.4 Å². The van der Waals surface area contributed by atoms with E-state index in [9.17, 15) is 9.90 Å². The fourth-order valence-electron chi connectivity index (χ4n) is 2.60. The molecule has 138 valence electrons. The van der Waals surface area contributed by atoms with Crippen LogP contribution in [0.15, 0.2) is 48.7 Å². The van der Waals surface area contributed by atoms with E-state index in [1.165, 1.54) is 13.8 Å². The van der Waals surface area contributed by atoms with Gasteiger partial charge in [0.05, 0.1) is 23.0 Å². The molecule has 0 unspecified atom stereocenters. The van der Waals surface area contributed by atoms with E-state index < -0.39 is 17.6 Å². The van der Waals surface area contributed by atoms with E-state index in [1.807, 2.05) is 48.0 Å². The zero-order valence-corrected chi connectivity index (χ0v) is 15.7. The van der Waals surface area contributed by atoms with Gasteiger partial charge in [0, 0.05) is 11.1 Å². The van der Waals surface area contributed by atoms with E-state index in [0.717, 1.165) is 22.2 Å². The van der Waals surface area contributed by atoms with Crippen LogP contribution < -0.4 is 11.1 Å². The molecule has 3 aromatic rings. The average Bonchev–Trinajstić information content (AvgIpc) is 2.96. The number of fused-ring (bicyclic) bond motifs is 1. The number of hydrogen-bond donors (Lipinski definition) is 3. The standard InChI is InChI=1S/C19H22N4O2.ClH/c1-12-5-4-6-15(9-12)23-16-10-14(8-7-13(16)11-21-23)22-18(24)17(20)19(2,3)25;/h4-11,17,25H,20H2,1-3H3,(H,22,24);1H/t17-;/m1./s1. The molecule has 1 atom stereocenters. The van der Waals surface area contributed by atoms with Gasteiger partial charge in [0.25, 0.3) is 0 Å². The van der Waals surface area contributed by atoms with E-state index in [4.69, 9.17) is 5.73 Å². The molecule has 0 saturated carbocycles. The Balaban J connectivity index is 0.00000243. The maximum Gasteiger partial charge on any atom is 0.244 e. The molecule has 0 radical (unpaired) electrons. The Bertz CT molecular complexity index is 931. The number of aryl methyl sites for hydroxylation is 1. The number of aliphatic hydroxyl groups is 1. The van der Waals surface area contributed by atoms with Gasteiger partial charge in [0.1, 0.15) is 6.04 Å². The fraction of sp³-hybridized carbons (Fsp3) is 0.263. The number of amides is 1. The van der Waals surface area contributed by atoms with Crippen LogP contribution in [0.4, 0.5) is 5.69 Å². The normalized spacial score (nSPS) is 12.5. The minimum atomic E-state index is -1.29. The molecule has 26 heavy (non-hydrogen) atoms. The highest BCUT2D eigenvalue weighted by molar-refractivity contribution is 5.97. The average molecular weight is 375 g/mol. The predicted octanol–water partition coefficient (Wildman–Crippen LogP) is 2.79. The Morgan fingerprint density at radius 3 is 2.65 bits per heavy atom. The molecule has 0 saturated heterocycles. The van der Waals surface area contributed by atoms with Gasteiger partial charge in [-0.2, -0.15) is 5.10 Å². The number of aromatic nitrogens is 2. The van der Waals surface area contributed by atoms with Crippen LogP contribution in [-0.2, 0) is 4.79 Å². The van der Waals surface area contributed by atoms with Crippen molar-refractivity contribution in [1.82, 2.24) is 9.78 Å². The number of rotatable bonds is 4. The van der Waals surface area contributed by atoms with Gasteiger partial charge in [-0.25, -0.2) is 4.68 Å². The Morgan fingerprint density at radius 2 is 2.00 bits per heavy atom. The second-order valence-electron chi connectivity index (χ2n) is 6.79. The molecular weight excluding hydrogens is 352 g/mol. The summed E-state index contributed by atoms with van der Waals surface area (Å²) in [5.41, 5.74) is 8.07. The van der Waals surface area contributed by atoms with Crippen molar-refractivity contribution < 1.29 is 9.90 Å². The van der Waals surface area contributed by atoms with Gasteiger partial charge in [-0.15, -0.1) is 12.4 Å². The second-order valence-corrected chi connectivity index (χ2v) is 6.79.